The Hall–Kier alpha value is -3.42. The first-order valence-corrected chi connectivity index (χ1v) is 6.87. The Morgan fingerprint density at radius 3 is 2.42 bits per heavy atom. The number of hydrogen-bond acceptors (Lipinski definition) is 5. The number of carboxylic acids is 1. The zero-order valence-corrected chi connectivity index (χ0v) is 13.0. The highest BCUT2D eigenvalue weighted by Crippen LogP contribution is 2.26. The number of anilines is 1. The third-order valence-corrected chi connectivity index (χ3v) is 3.18. The molecule has 2 amide bonds. The molecule has 0 aliphatic carbocycles. The lowest BCUT2D eigenvalue weighted by Crippen LogP contribution is -2.19. The van der Waals surface area contributed by atoms with E-state index in [-0.39, 0.29) is 22.9 Å². The fraction of sp³-hybridized carbons (Fsp3) is 0.125. The highest BCUT2D eigenvalue weighted by atomic mass is 16.5. The standard InChI is InChI=1S/C16H15N3O5/c1-17-14(20)9-3-4-13(24-2)11(7-9)19-15(21)10-5-6-18-12(8-10)16(22)23/h3-8H,1-2H3,(H,17,20)(H,19,21)(H,22,23). The number of carboxylic acid groups (broad SMARTS) is 1. The van der Waals surface area contributed by atoms with Crippen LogP contribution in [0.5, 0.6) is 5.75 Å². The Kier molecular flexibility index (Phi) is 5.10. The molecule has 8 nitrogen and oxygen atoms in total. The van der Waals surface area contributed by atoms with Gasteiger partial charge in [0.05, 0.1) is 12.8 Å². The number of methoxy groups -OCH3 is 1. The maximum absolute atomic E-state index is 12.3. The Morgan fingerprint density at radius 2 is 1.79 bits per heavy atom. The van der Waals surface area contributed by atoms with Gasteiger partial charge in [-0.15, -0.1) is 0 Å². The molecule has 0 fully saturated rings. The molecular weight excluding hydrogens is 314 g/mol. The molecule has 0 aliphatic rings. The van der Waals surface area contributed by atoms with Crippen molar-refractivity contribution < 1.29 is 24.2 Å². The number of nitrogens with one attached hydrogen (secondary N) is 2. The predicted molar refractivity (Wildman–Crippen MR) is 85.5 cm³/mol. The molecule has 0 aliphatic heterocycles. The summed E-state index contributed by atoms with van der Waals surface area (Å²) in [4.78, 5) is 38.6. The van der Waals surface area contributed by atoms with Crippen molar-refractivity contribution in [3.8, 4) is 5.75 Å². The van der Waals surface area contributed by atoms with Crippen LogP contribution in [0.4, 0.5) is 5.69 Å². The second-order valence-corrected chi connectivity index (χ2v) is 4.68. The molecule has 1 aromatic carbocycles. The number of nitrogens with zero attached hydrogens (tertiary/aromatic N) is 1. The molecule has 2 aromatic rings. The monoisotopic (exact) mass is 329 g/mol. The van der Waals surface area contributed by atoms with E-state index in [2.05, 4.69) is 15.6 Å². The third-order valence-electron chi connectivity index (χ3n) is 3.18. The van der Waals surface area contributed by atoms with Crippen molar-refractivity contribution in [3.05, 3.63) is 53.3 Å². The number of carbonyl (C=O) groups excluding carboxylic acids is 2. The van der Waals surface area contributed by atoms with Crippen molar-refractivity contribution in [2.24, 2.45) is 0 Å². The summed E-state index contributed by atoms with van der Waals surface area (Å²) >= 11 is 0. The Balaban J connectivity index is 2.32. The predicted octanol–water partition coefficient (Wildman–Crippen LogP) is 1.40. The van der Waals surface area contributed by atoms with Gasteiger partial charge in [-0.05, 0) is 30.3 Å². The van der Waals surface area contributed by atoms with Crippen molar-refractivity contribution in [1.82, 2.24) is 10.3 Å². The summed E-state index contributed by atoms with van der Waals surface area (Å²) in [6.45, 7) is 0. The Labute approximate surface area is 137 Å². The van der Waals surface area contributed by atoms with Gasteiger partial charge in [0, 0.05) is 24.4 Å². The van der Waals surface area contributed by atoms with Crippen LogP contribution in [0.1, 0.15) is 31.2 Å². The molecule has 0 bridgehead atoms. The van der Waals surface area contributed by atoms with Crippen LogP contribution in [0.15, 0.2) is 36.5 Å². The largest absolute Gasteiger partial charge is 0.495 e. The average molecular weight is 329 g/mol. The lowest BCUT2D eigenvalue weighted by atomic mass is 10.1. The lowest BCUT2D eigenvalue weighted by Gasteiger charge is -2.12. The molecule has 24 heavy (non-hydrogen) atoms. The number of rotatable bonds is 5. The number of carbonyl (C=O) groups is 3. The lowest BCUT2D eigenvalue weighted by molar-refractivity contribution is 0.0690. The van der Waals surface area contributed by atoms with Gasteiger partial charge in [-0.25, -0.2) is 9.78 Å². The first-order valence-electron chi connectivity index (χ1n) is 6.87. The molecule has 1 aromatic heterocycles. The van der Waals surface area contributed by atoms with Crippen LogP contribution in [-0.4, -0.2) is 42.0 Å². The van der Waals surface area contributed by atoms with Crippen LogP contribution in [0, 0.1) is 0 Å². The molecule has 0 atom stereocenters. The first kappa shape index (κ1) is 16.9. The van der Waals surface area contributed by atoms with E-state index in [0.29, 0.717) is 11.3 Å². The number of hydrogen-bond donors (Lipinski definition) is 3. The van der Waals surface area contributed by atoms with E-state index in [0.717, 1.165) is 6.07 Å². The fourth-order valence-corrected chi connectivity index (χ4v) is 1.97. The minimum Gasteiger partial charge on any atom is -0.495 e. The van der Waals surface area contributed by atoms with E-state index in [4.69, 9.17) is 9.84 Å². The van der Waals surface area contributed by atoms with Crippen LogP contribution in [0.3, 0.4) is 0 Å². The van der Waals surface area contributed by atoms with Gasteiger partial charge in [0.1, 0.15) is 11.4 Å². The number of ether oxygens (including phenoxy) is 1. The summed E-state index contributed by atoms with van der Waals surface area (Å²) in [6.07, 6.45) is 1.23. The smallest absolute Gasteiger partial charge is 0.354 e. The van der Waals surface area contributed by atoms with E-state index in [9.17, 15) is 14.4 Å². The second-order valence-electron chi connectivity index (χ2n) is 4.68. The molecule has 2 rings (SSSR count). The van der Waals surface area contributed by atoms with Crippen LogP contribution in [-0.2, 0) is 0 Å². The summed E-state index contributed by atoms with van der Waals surface area (Å²) < 4.78 is 5.16. The van der Waals surface area contributed by atoms with Crippen LogP contribution >= 0.6 is 0 Å². The highest BCUT2D eigenvalue weighted by Gasteiger charge is 2.14. The van der Waals surface area contributed by atoms with E-state index >= 15 is 0 Å². The molecule has 8 heteroatoms. The second kappa shape index (κ2) is 7.23. The summed E-state index contributed by atoms with van der Waals surface area (Å²) in [5, 5.41) is 14.0. The van der Waals surface area contributed by atoms with Gasteiger partial charge < -0.3 is 20.5 Å². The molecule has 0 spiro atoms. The van der Waals surface area contributed by atoms with E-state index in [1.54, 1.807) is 12.1 Å². The van der Waals surface area contributed by atoms with Gasteiger partial charge in [0.15, 0.2) is 0 Å². The van der Waals surface area contributed by atoms with Crippen molar-refractivity contribution in [1.29, 1.82) is 0 Å². The molecule has 0 radical (unpaired) electrons. The zero-order chi connectivity index (χ0) is 17.7. The third kappa shape index (κ3) is 3.67. The first-order chi connectivity index (χ1) is 11.5. The van der Waals surface area contributed by atoms with E-state index in [1.807, 2.05) is 0 Å². The summed E-state index contributed by atoms with van der Waals surface area (Å²) in [6, 6.07) is 7.12. The van der Waals surface area contributed by atoms with Crippen molar-refractivity contribution >= 4 is 23.5 Å². The highest BCUT2D eigenvalue weighted by molar-refractivity contribution is 6.06. The number of benzene rings is 1. The van der Waals surface area contributed by atoms with Gasteiger partial charge in [-0.1, -0.05) is 0 Å². The minimum absolute atomic E-state index is 0.120. The molecule has 1 heterocycles. The Morgan fingerprint density at radius 1 is 1.08 bits per heavy atom. The molecule has 0 unspecified atom stereocenters. The average Bonchev–Trinajstić information content (AvgIpc) is 2.60. The number of aromatic carboxylic acids is 1. The summed E-state index contributed by atoms with van der Waals surface area (Å²) in [5.41, 5.74) is 0.510. The van der Waals surface area contributed by atoms with Crippen LogP contribution < -0.4 is 15.4 Å². The van der Waals surface area contributed by atoms with Crippen LogP contribution in [0.2, 0.25) is 0 Å². The van der Waals surface area contributed by atoms with Gasteiger partial charge in [-0.3, -0.25) is 9.59 Å². The molecule has 124 valence electrons. The Bertz CT molecular complexity index is 804. The van der Waals surface area contributed by atoms with Crippen molar-refractivity contribution in [2.75, 3.05) is 19.5 Å². The molecule has 0 saturated carbocycles. The number of aromatic nitrogens is 1. The maximum atomic E-state index is 12.3. The van der Waals surface area contributed by atoms with Gasteiger partial charge >= 0.3 is 5.97 Å². The number of pyridine rings is 1. The molecular formula is C16H15N3O5. The summed E-state index contributed by atoms with van der Waals surface area (Å²) in [5.74, 6) is -1.73. The van der Waals surface area contributed by atoms with Gasteiger partial charge in [-0.2, -0.15) is 0 Å². The fourth-order valence-electron chi connectivity index (χ4n) is 1.97. The van der Waals surface area contributed by atoms with Crippen LogP contribution in [0.25, 0.3) is 0 Å². The molecule has 0 saturated heterocycles. The quantitative estimate of drug-likeness (QED) is 0.763. The normalized spacial score (nSPS) is 9.92. The maximum Gasteiger partial charge on any atom is 0.354 e. The SMILES string of the molecule is CNC(=O)c1ccc(OC)c(NC(=O)c2ccnc(C(=O)O)c2)c1. The van der Waals surface area contributed by atoms with E-state index in [1.165, 1.54) is 32.5 Å². The number of amides is 2. The van der Waals surface area contributed by atoms with Gasteiger partial charge in [0.25, 0.3) is 11.8 Å². The minimum atomic E-state index is -1.23. The van der Waals surface area contributed by atoms with Crippen molar-refractivity contribution in [2.45, 2.75) is 0 Å². The molecule has 3 N–H and O–H groups in total. The summed E-state index contributed by atoms with van der Waals surface area (Å²) in [7, 11) is 2.93. The van der Waals surface area contributed by atoms with E-state index < -0.39 is 11.9 Å². The van der Waals surface area contributed by atoms with Gasteiger partial charge in [0.2, 0.25) is 0 Å². The zero-order valence-electron chi connectivity index (χ0n) is 13.0. The van der Waals surface area contributed by atoms with Crippen molar-refractivity contribution in [3.63, 3.8) is 0 Å². The topological polar surface area (TPSA) is 118 Å².